The second kappa shape index (κ2) is 8.99. The summed E-state index contributed by atoms with van der Waals surface area (Å²) in [6.07, 6.45) is 1.38. The Morgan fingerprint density at radius 2 is 1.75 bits per heavy atom. The molecule has 0 radical (unpaired) electrons. The van der Waals surface area contributed by atoms with Crippen molar-refractivity contribution in [2.45, 2.75) is 11.5 Å². The number of nitrogens with one attached hydrogen (secondary N) is 1. The van der Waals surface area contributed by atoms with E-state index in [1.54, 1.807) is 48.5 Å². The van der Waals surface area contributed by atoms with Crippen molar-refractivity contribution in [1.82, 2.24) is 4.83 Å². The van der Waals surface area contributed by atoms with E-state index in [1.165, 1.54) is 30.5 Å². The zero-order chi connectivity index (χ0) is 20.0. The summed E-state index contributed by atoms with van der Waals surface area (Å²) in [5.74, 6) is 0.267. The van der Waals surface area contributed by atoms with Crippen LogP contribution >= 0.6 is 15.9 Å². The van der Waals surface area contributed by atoms with Gasteiger partial charge in [0.25, 0.3) is 10.0 Å². The Morgan fingerprint density at radius 3 is 2.46 bits per heavy atom. The fourth-order valence-electron chi connectivity index (χ4n) is 2.28. The van der Waals surface area contributed by atoms with Crippen LogP contribution in [-0.2, 0) is 16.6 Å². The van der Waals surface area contributed by atoms with Gasteiger partial charge in [-0.3, -0.25) is 0 Å². The first-order chi connectivity index (χ1) is 13.4. The first-order valence-corrected chi connectivity index (χ1v) is 10.5. The van der Waals surface area contributed by atoms with Crippen LogP contribution in [0.5, 0.6) is 5.75 Å². The summed E-state index contributed by atoms with van der Waals surface area (Å²) in [7, 11) is -3.73. The lowest BCUT2D eigenvalue weighted by molar-refractivity contribution is 0.306. The van der Waals surface area contributed by atoms with E-state index in [-0.39, 0.29) is 17.3 Å². The van der Waals surface area contributed by atoms with Gasteiger partial charge >= 0.3 is 0 Å². The molecule has 5 nitrogen and oxygen atoms in total. The number of benzene rings is 3. The minimum atomic E-state index is -3.73. The molecular formula is C20H16BrFN2O3S. The molecule has 0 bridgehead atoms. The van der Waals surface area contributed by atoms with Crippen LogP contribution in [0, 0.1) is 5.82 Å². The summed E-state index contributed by atoms with van der Waals surface area (Å²) in [5.41, 5.74) is 1.46. The highest BCUT2D eigenvalue weighted by atomic mass is 79.9. The summed E-state index contributed by atoms with van der Waals surface area (Å²) < 4.78 is 43.7. The van der Waals surface area contributed by atoms with Crippen molar-refractivity contribution in [2.24, 2.45) is 5.10 Å². The molecule has 0 saturated carbocycles. The van der Waals surface area contributed by atoms with Crippen LogP contribution in [0.1, 0.15) is 11.1 Å². The lowest BCUT2D eigenvalue weighted by Crippen LogP contribution is -2.18. The van der Waals surface area contributed by atoms with Crippen LogP contribution < -0.4 is 9.57 Å². The molecule has 0 spiro atoms. The van der Waals surface area contributed by atoms with Gasteiger partial charge < -0.3 is 4.74 Å². The molecule has 0 heterocycles. The van der Waals surface area contributed by atoms with Gasteiger partial charge in [-0.25, -0.2) is 9.22 Å². The summed E-state index contributed by atoms with van der Waals surface area (Å²) in [4.78, 5) is 2.31. The lowest BCUT2D eigenvalue weighted by Gasteiger charge is -2.08. The van der Waals surface area contributed by atoms with Crippen LogP contribution in [-0.4, -0.2) is 14.6 Å². The van der Waals surface area contributed by atoms with Gasteiger partial charge in [0.05, 0.1) is 11.1 Å². The molecule has 0 aliphatic rings. The highest BCUT2D eigenvalue weighted by Crippen LogP contribution is 2.22. The van der Waals surface area contributed by atoms with E-state index < -0.39 is 10.0 Å². The quantitative estimate of drug-likeness (QED) is 0.415. The third-order valence-corrected chi connectivity index (χ3v) is 5.68. The van der Waals surface area contributed by atoms with Gasteiger partial charge in [-0.05, 0) is 48.0 Å². The predicted molar refractivity (Wildman–Crippen MR) is 109 cm³/mol. The fraction of sp³-hybridized carbons (Fsp3) is 0.0500. The van der Waals surface area contributed by atoms with Crippen molar-refractivity contribution in [3.05, 3.63) is 94.2 Å². The van der Waals surface area contributed by atoms with Crippen LogP contribution in [0.3, 0.4) is 0 Å². The van der Waals surface area contributed by atoms with Crippen molar-refractivity contribution in [3.63, 3.8) is 0 Å². The Hall–Kier alpha value is -2.71. The largest absolute Gasteiger partial charge is 0.489 e. The van der Waals surface area contributed by atoms with Crippen molar-refractivity contribution < 1.29 is 17.5 Å². The Morgan fingerprint density at radius 1 is 1.04 bits per heavy atom. The Labute approximate surface area is 171 Å². The van der Waals surface area contributed by atoms with Gasteiger partial charge in [-0.1, -0.05) is 46.3 Å². The highest BCUT2D eigenvalue weighted by molar-refractivity contribution is 9.10. The van der Waals surface area contributed by atoms with Crippen molar-refractivity contribution in [2.75, 3.05) is 0 Å². The smallest absolute Gasteiger partial charge is 0.276 e. The van der Waals surface area contributed by atoms with E-state index in [0.29, 0.717) is 11.3 Å². The zero-order valence-electron chi connectivity index (χ0n) is 14.5. The number of nitrogens with zero attached hydrogens (tertiary/aromatic N) is 1. The number of hydrogen-bond acceptors (Lipinski definition) is 4. The van der Waals surface area contributed by atoms with Crippen LogP contribution in [0.15, 0.2) is 87.3 Å². The number of hydrogen-bond donors (Lipinski definition) is 1. The van der Waals surface area contributed by atoms with E-state index in [9.17, 15) is 12.8 Å². The second-order valence-corrected chi connectivity index (χ2v) is 8.28. The molecule has 3 aromatic rings. The van der Waals surface area contributed by atoms with Gasteiger partial charge in [0.15, 0.2) is 0 Å². The summed E-state index contributed by atoms with van der Waals surface area (Å²) in [6, 6.07) is 19.3. The highest BCUT2D eigenvalue weighted by Gasteiger charge is 2.11. The molecule has 0 atom stereocenters. The lowest BCUT2D eigenvalue weighted by atomic mass is 10.2. The van der Waals surface area contributed by atoms with Gasteiger partial charge in [-0.2, -0.15) is 13.5 Å². The molecular weight excluding hydrogens is 447 g/mol. The van der Waals surface area contributed by atoms with E-state index in [1.807, 2.05) is 0 Å². The van der Waals surface area contributed by atoms with E-state index >= 15 is 0 Å². The van der Waals surface area contributed by atoms with Crippen LogP contribution in [0.4, 0.5) is 4.39 Å². The van der Waals surface area contributed by atoms with E-state index in [0.717, 1.165) is 10.0 Å². The van der Waals surface area contributed by atoms with Crippen molar-refractivity contribution in [3.8, 4) is 5.75 Å². The molecule has 0 aliphatic heterocycles. The summed E-state index contributed by atoms with van der Waals surface area (Å²) >= 11 is 3.39. The molecule has 1 N–H and O–H groups in total. The van der Waals surface area contributed by atoms with Crippen LogP contribution in [0.2, 0.25) is 0 Å². The molecule has 8 heteroatoms. The average Bonchev–Trinajstić information content (AvgIpc) is 2.70. The molecule has 28 heavy (non-hydrogen) atoms. The van der Waals surface area contributed by atoms with E-state index in [2.05, 4.69) is 25.9 Å². The van der Waals surface area contributed by atoms with Crippen molar-refractivity contribution in [1.29, 1.82) is 0 Å². The minimum Gasteiger partial charge on any atom is -0.489 e. The van der Waals surface area contributed by atoms with Gasteiger partial charge in [0.1, 0.15) is 18.2 Å². The molecule has 0 fully saturated rings. The summed E-state index contributed by atoms with van der Waals surface area (Å²) in [5, 5.41) is 3.83. The Kier molecular flexibility index (Phi) is 6.43. The Balaban J connectivity index is 1.67. The maximum absolute atomic E-state index is 12.9. The summed E-state index contributed by atoms with van der Waals surface area (Å²) in [6.45, 7) is 0.277. The maximum atomic E-state index is 12.9. The zero-order valence-corrected chi connectivity index (χ0v) is 17.0. The number of halogens is 2. The first kappa shape index (κ1) is 20.0. The third kappa shape index (κ3) is 5.40. The van der Waals surface area contributed by atoms with Gasteiger partial charge in [-0.15, -0.1) is 0 Å². The molecule has 0 unspecified atom stereocenters. The number of hydrazone groups is 1. The molecule has 0 amide bonds. The molecule has 0 aliphatic carbocycles. The predicted octanol–water partition coefficient (Wildman–Crippen LogP) is 4.48. The van der Waals surface area contributed by atoms with Gasteiger partial charge in [0.2, 0.25) is 0 Å². The number of rotatable bonds is 7. The standard InChI is InChI=1S/C20H16BrFN2O3S/c21-20-11-10-18(27-14-15-6-8-17(22)9-7-15)12-16(20)13-23-24-28(25,26)19-4-2-1-3-5-19/h1-13,24H,14H2/b23-13+. The Bertz CT molecular complexity index is 1070. The third-order valence-electron chi connectivity index (χ3n) is 3.72. The van der Waals surface area contributed by atoms with Gasteiger partial charge in [0, 0.05) is 10.0 Å². The molecule has 0 aromatic heterocycles. The fourth-order valence-corrected chi connectivity index (χ4v) is 3.44. The maximum Gasteiger partial charge on any atom is 0.276 e. The van der Waals surface area contributed by atoms with Crippen molar-refractivity contribution >= 4 is 32.2 Å². The normalized spacial score (nSPS) is 11.5. The first-order valence-electron chi connectivity index (χ1n) is 8.21. The van der Waals surface area contributed by atoms with Crippen LogP contribution in [0.25, 0.3) is 0 Å². The topological polar surface area (TPSA) is 67.8 Å². The molecule has 3 rings (SSSR count). The number of sulfonamides is 1. The molecule has 0 saturated heterocycles. The number of ether oxygens (including phenoxy) is 1. The second-order valence-electron chi connectivity index (χ2n) is 5.76. The van der Waals surface area contributed by atoms with E-state index in [4.69, 9.17) is 4.74 Å². The SMILES string of the molecule is O=S(=O)(N/N=C/c1cc(OCc2ccc(F)cc2)ccc1Br)c1ccccc1. The molecule has 144 valence electrons. The molecule has 3 aromatic carbocycles. The minimum absolute atomic E-state index is 0.127. The average molecular weight is 463 g/mol. The monoisotopic (exact) mass is 462 g/mol.